The fourth-order valence-electron chi connectivity index (χ4n) is 4.16. The number of nitrogens with one attached hydrogen (secondary N) is 1. The third-order valence-electron chi connectivity index (χ3n) is 6.06. The standard InChI is InChI=1S/C22H26F3N5O3/c1-20(2,3)21(8-13-31)14-29(11-12-30(21)19(32)33)18-17(26-9-10-27-18)28-16-6-4-15(5-7-16)22(23,24)25/h4-7,9-10,13H,8,11-12,14H2,1-3H3,(H,26,28)(H,32,33). The van der Waals surface area contributed by atoms with E-state index >= 15 is 0 Å². The smallest absolute Gasteiger partial charge is 0.416 e. The minimum atomic E-state index is -4.44. The van der Waals surface area contributed by atoms with Crippen LogP contribution in [0.4, 0.5) is 35.3 Å². The van der Waals surface area contributed by atoms with E-state index in [0.29, 0.717) is 23.9 Å². The fourth-order valence-corrected chi connectivity index (χ4v) is 4.16. The van der Waals surface area contributed by atoms with Crippen LogP contribution in [0, 0.1) is 5.41 Å². The van der Waals surface area contributed by atoms with Gasteiger partial charge >= 0.3 is 12.3 Å². The quantitative estimate of drug-likeness (QED) is 0.631. The summed E-state index contributed by atoms with van der Waals surface area (Å²) in [5.74, 6) is 0.733. The summed E-state index contributed by atoms with van der Waals surface area (Å²) in [5.41, 5.74) is -1.96. The molecule has 0 spiro atoms. The van der Waals surface area contributed by atoms with Gasteiger partial charge in [0.15, 0.2) is 11.6 Å². The number of anilines is 3. The number of aromatic nitrogens is 2. The molecule has 1 aliphatic heterocycles. The van der Waals surface area contributed by atoms with Crippen molar-refractivity contribution in [2.24, 2.45) is 5.41 Å². The molecule has 2 heterocycles. The molecule has 1 saturated heterocycles. The van der Waals surface area contributed by atoms with Crippen LogP contribution in [-0.4, -0.2) is 57.5 Å². The molecule has 1 atom stereocenters. The van der Waals surface area contributed by atoms with Crippen LogP contribution in [0.15, 0.2) is 36.7 Å². The number of hydrogen-bond donors (Lipinski definition) is 2. The second-order valence-electron chi connectivity index (χ2n) is 8.94. The van der Waals surface area contributed by atoms with Crippen molar-refractivity contribution < 1.29 is 27.9 Å². The van der Waals surface area contributed by atoms with Gasteiger partial charge in [-0.1, -0.05) is 20.8 Å². The molecule has 3 rings (SSSR count). The van der Waals surface area contributed by atoms with Gasteiger partial charge in [-0.2, -0.15) is 13.2 Å². The number of benzene rings is 1. The van der Waals surface area contributed by atoms with Gasteiger partial charge in [0.2, 0.25) is 0 Å². The fraction of sp³-hybridized carbons (Fsp3) is 0.455. The lowest BCUT2D eigenvalue weighted by Crippen LogP contribution is -2.69. The predicted molar refractivity (Wildman–Crippen MR) is 117 cm³/mol. The molecule has 1 unspecified atom stereocenters. The van der Waals surface area contributed by atoms with Crippen molar-refractivity contribution in [2.45, 2.75) is 38.9 Å². The zero-order valence-corrected chi connectivity index (χ0v) is 18.6. The summed E-state index contributed by atoms with van der Waals surface area (Å²) < 4.78 is 38.6. The number of hydrogen-bond acceptors (Lipinski definition) is 6. The molecule has 11 heteroatoms. The first-order valence-corrected chi connectivity index (χ1v) is 10.3. The Labute approximate surface area is 189 Å². The first-order valence-electron chi connectivity index (χ1n) is 10.3. The molecule has 1 aromatic carbocycles. The number of piperazine rings is 1. The lowest BCUT2D eigenvalue weighted by Gasteiger charge is -2.55. The first kappa shape index (κ1) is 24.3. The van der Waals surface area contributed by atoms with Gasteiger partial charge < -0.3 is 20.1 Å². The molecule has 0 saturated carbocycles. The summed E-state index contributed by atoms with van der Waals surface area (Å²) >= 11 is 0. The number of nitrogens with zero attached hydrogens (tertiary/aromatic N) is 4. The van der Waals surface area contributed by atoms with Crippen molar-refractivity contribution in [3.63, 3.8) is 0 Å². The molecule has 2 aromatic rings. The predicted octanol–water partition coefficient (Wildman–Crippen LogP) is 4.41. The highest BCUT2D eigenvalue weighted by Gasteiger charge is 2.52. The zero-order chi connectivity index (χ0) is 24.4. The van der Waals surface area contributed by atoms with E-state index in [4.69, 9.17) is 0 Å². The Morgan fingerprint density at radius 2 is 1.79 bits per heavy atom. The van der Waals surface area contributed by atoms with Crippen LogP contribution in [0.3, 0.4) is 0 Å². The molecule has 33 heavy (non-hydrogen) atoms. The number of alkyl halides is 3. The number of amides is 1. The summed E-state index contributed by atoms with van der Waals surface area (Å²) in [6, 6.07) is 4.54. The second kappa shape index (κ2) is 8.87. The number of carboxylic acid groups (broad SMARTS) is 1. The van der Waals surface area contributed by atoms with E-state index in [1.165, 1.54) is 29.4 Å². The number of halogens is 3. The minimum Gasteiger partial charge on any atom is -0.465 e. The first-order chi connectivity index (χ1) is 15.4. The highest BCUT2D eigenvalue weighted by molar-refractivity contribution is 5.72. The summed E-state index contributed by atoms with van der Waals surface area (Å²) in [4.78, 5) is 35.5. The monoisotopic (exact) mass is 465 g/mol. The maximum Gasteiger partial charge on any atom is 0.416 e. The number of rotatable bonds is 5. The van der Waals surface area contributed by atoms with Crippen molar-refractivity contribution in [2.75, 3.05) is 29.9 Å². The summed E-state index contributed by atoms with van der Waals surface area (Å²) in [7, 11) is 0. The van der Waals surface area contributed by atoms with Crippen LogP contribution >= 0.6 is 0 Å². The van der Waals surface area contributed by atoms with Gasteiger partial charge in [0.05, 0.1) is 11.1 Å². The molecule has 1 amide bonds. The van der Waals surface area contributed by atoms with Gasteiger partial charge in [-0.15, -0.1) is 0 Å². The lowest BCUT2D eigenvalue weighted by atomic mass is 9.69. The Morgan fingerprint density at radius 1 is 1.15 bits per heavy atom. The Morgan fingerprint density at radius 3 is 2.33 bits per heavy atom. The highest BCUT2D eigenvalue weighted by Crippen LogP contribution is 2.42. The van der Waals surface area contributed by atoms with E-state index in [9.17, 15) is 27.9 Å². The van der Waals surface area contributed by atoms with Crippen molar-refractivity contribution in [1.82, 2.24) is 14.9 Å². The van der Waals surface area contributed by atoms with E-state index in [1.807, 2.05) is 25.7 Å². The van der Waals surface area contributed by atoms with Gasteiger partial charge in [0.25, 0.3) is 0 Å². The Balaban J connectivity index is 1.94. The van der Waals surface area contributed by atoms with E-state index in [0.717, 1.165) is 18.4 Å². The van der Waals surface area contributed by atoms with Gasteiger partial charge in [0, 0.05) is 44.1 Å². The van der Waals surface area contributed by atoms with Crippen molar-refractivity contribution in [1.29, 1.82) is 0 Å². The molecule has 0 radical (unpaired) electrons. The van der Waals surface area contributed by atoms with Crippen LogP contribution in [-0.2, 0) is 11.0 Å². The largest absolute Gasteiger partial charge is 0.465 e. The maximum atomic E-state index is 12.9. The van der Waals surface area contributed by atoms with Crippen LogP contribution in [0.1, 0.15) is 32.8 Å². The van der Waals surface area contributed by atoms with Crippen molar-refractivity contribution >= 4 is 29.7 Å². The van der Waals surface area contributed by atoms with Gasteiger partial charge in [-0.3, -0.25) is 4.90 Å². The Kier molecular flexibility index (Phi) is 6.53. The molecule has 1 fully saturated rings. The maximum absolute atomic E-state index is 12.9. The SMILES string of the molecule is CC(C)(C)C1(CC=O)CN(c2nccnc2Nc2ccc(C(F)(F)F)cc2)CCN1C(=O)O. The third-order valence-corrected chi connectivity index (χ3v) is 6.06. The molecule has 1 aliphatic rings. The van der Waals surface area contributed by atoms with E-state index < -0.39 is 28.8 Å². The van der Waals surface area contributed by atoms with E-state index in [1.54, 1.807) is 0 Å². The number of carbonyl (C=O) groups is 2. The highest BCUT2D eigenvalue weighted by atomic mass is 19.4. The molecular formula is C22H26F3N5O3. The average Bonchev–Trinajstić information content (AvgIpc) is 2.73. The van der Waals surface area contributed by atoms with Gasteiger partial charge in [-0.05, 0) is 29.7 Å². The molecule has 178 valence electrons. The summed E-state index contributed by atoms with van der Waals surface area (Å²) in [6.07, 6.45) is -1.88. The molecule has 8 nitrogen and oxygen atoms in total. The van der Waals surface area contributed by atoms with Gasteiger partial charge in [-0.25, -0.2) is 14.8 Å². The second-order valence-corrected chi connectivity index (χ2v) is 8.94. The Bertz CT molecular complexity index is 1010. The normalized spacial score (nSPS) is 19.3. The number of aldehydes is 1. The zero-order valence-electron chi connectivity index (χ0n) is 18.6. The molecule has 2 N–H and O–H groups in total. The van der Waals surface area contributed by atoms with Gasteiger partial charge in [0.1, 0.15) is 6.29 Å². The topological polar surface area (TPSA) is 98.7 Å². The molecule has 0 bridgehead atoms. The summed E-state index contributed by atoms with van der Waals surface area (Å²) in [5, 5.41) is 12.8. The average molecular weight is 465 g/mol. The number of carbonyl (C=O) groups excluding carboxylic acids is 1. The molecular weight excluding hydrogens is 439 g/mol. The Hall–Kier alpha value is -3.37. The van der Waals surface area contributed by atoms with Crippen molar-refractivity contribution in [3.05, 3.63) is 42.2 Å². The molecule has 1 aromatic heterocycles. The van der Waals surface area contributed by atoms with Crippen LogP contribution < -0.4 is 10.2 Å². The lowest BCUT2D eigenvalue weighted by molar-refractivity contribution is -0.137. The third kappa shape index (κ3) is 4.86. The summed E-state index contributed by atoms with van der Waals surface area (Å²) in [6.45, 7) is 6.30. The van der Waals surface area contributed by atoms with E-state index in [2.05, 4.69) is 15.3 Å². The van der Waals surface area contributed by atoms with Crippen LogP contribution in [0.5, 0.6) is 0 Å². The van der Waals surface area contributed by atoms with E-state index in [-0.39, 0.29) is 19.5 Å². The van der Waals surface area contributed by atoms with Crippen LogP contribution in [0.2, 0.25) is 0 Å². The molecule has 0 aliphatic carbocycles. The van der Waals surface area contributed by atoms with Crippen LogP contribution in [0.25, 0.3) is 0 Å². The minimum absolute atomic E-state index is 0.00122. The van der Waals surface area contributed by atoms with Crippen molar-refractivity contribution in [3.8, 4) is 0 Å².